The van der Waals surface area contributed by atoms with E-state index in [4.69, 9.17) is 0 Å². The Morgan fingerprint density at radius 1 is 1.40 bits per heavy atom. The van der Waals surface area contributed by atoms with Crippen molar-refractivity contribution >= 4 is 13.8 Å². The third kappa shape index (κ3) is 16.0. The summed E-state index contributed by atoms with van der Waals surface area (Å²) in [5.41, 5.74) is 0. The summed E-state index contributed by atoms with van der Waals surface area (Å²) < 4.78 is 12.7. The maximum Gasteiger partial charge on any atom is 1.00 e. The SMILES string of the molecule is CC(=O)OP(=O)([O-])[O-].[Ag+].[Ag+]. The van der Waals surface area contributed by atoms with Crippen LogP contribution >= 0.6 is 7.82 Å². The van der Waals surface area contributed by atoms with Crippen LogP contribution in [0.2, 0.25) is 0 Å². The largest absolute Gasteiger partial charge is 1.00 e. The van der Waals surface area contributed by atoms with Gasteiger partial charge in [-0.25, -0.2) is 0 Å². The molecule has 0 rings (SSSR count). The van der Waals surface area contributed by atoms with Crippen molar-refractivity contribution in [3.63, 3.8) is 0 Å². The molecule has 0 atom stereocenters. The zero-order valence-electron chi connectivity index (χ0n) is 4.59. The molecule has 0 saturated carbocycles. The van der Waals surface area contributed by atoms with E-state index >= 15 is 0 Å². The van der Waals surface area contributed by atoms with Gasteiger partial charge in [0.25, 0.3) is 0 Å². The van der Waals surface area contributed by atoms with Gasteiger partial charge in [0.1, 0.15) is 7.82 Å². The topological polar surface area (TPSA) is 89.5 Å². The monoisotopic (exact) mass is 352 g/mol. The predicted molar refractivity (Wildman–Crippen MR) is 19.4 cm³/mol. The summed E-state index contributed by atoms with van der Waals surface area (Å²) in [6.07, 6.45) is 0. The normalized spacial score (nSPS) is 8.70. The van der Waals surface area contributed by atoms with Crippen molar-refractivity contribution in [2.24, 2.45) is 0 Å². The standard InChI is InChI=1S/C2H5O5P.2Ag/c1-2(3)7-8(4,5)6;;/h1H3,(H2,4,5,6);;/q;2*+1/p-2. The number of phosphoric acid groups is 1. The van der Waals surface area contributed by atoms with Gasteiger partial charge in [-0.2, -0.15) is 0 Å². The van der Waals surface area contributed by atoms with E-state index in [1.54, 1.807) is 0 Å². The molecule has 0 radical (unpaired) electrons. The zero-order valence-corrected chi connectivity index (χ0v) is 8.45. The molecule has 68 valence electrons. The maximum absolute atomic E-state index is 9.66. The van der Waals surface area contributed by atoms with E-state index in [1.165, 1.54) is 0 Å². The average Bonchev–Trinajstić information content (AvgIpc) is 1.21. The van der Waals surface area contributed by atoms with Gasteiger partial charge in [0.05, 0.1) is 0 Å². The first kappa shape index (κ1) is 17.3. The summed E-state index contributed by atoms with van der Waals surface area (Å²) in [6.45, 7) is 0.836. The van der Waals surface area contributed by atoms with Crippen molar-refractivity contribution in [2.45, 2.75) is 6.92 Å². The second-order valence-corrected chi connectivity index (χ2v) is 2.11. The van der Waals surface area contributed by atoms with E-state index in [1.807, 2.05) is 0 Å². The van der Waals surface area contributed by atoms with Crippen molar-refractivity contribution < 1.29 is 68.4 Å². The Kier molecular flexibility index (Phi) is 11.7. The van der Waals surface area contributed by atoms with Gasteiger partial charge < -0.3 is 18.9 Å². The van der Waals surface area contributed by atoms with Crippen LogP contribution in [0.15, 0.2) is 0 Å². The smallest absolute Gasteiger partial charge is 0.780 e. The summed E-state index contributed by atoms with van der Waals surface area (Å²) >= 11 is 0. The summed E-state index contributed by atoms with van der Waals surface area (Å²) in [4.78, 5) is 28.6. The Bertz CT molecular complexity index is 141. The average molecular weight is 354 g/mol. The van der Waals surface area contributed by atoms with Crippen LogP contribution < -0.4 is 9.79 Å². The van der Waals surface area contributed by atoms with Crippen LogP contribution in [0.3, 0.4) is 0 Å². The third-order valence-electron chi connectivity index (χ3n) is 0.240. The van der Waals surface area contributed by atoms with Crippen LogP contribution in [-0.4, -0.2) is 5.97 Å². The fraction of sp³-hybridized carbons (Fsp3) is 0.500. The third-order valence-corrected chi connectivity index (χ3v) is 0.721. The molecule has 10 heavy (non-hydrogen) atoms. The zero-order chi connectivity index (χ0) is 6.78. The fourth-order valence-corrected chi connectivity index (χ4v) is 0.472. The van der Waals surface area contributed by atoms with Gasteiger partial charge >= 0.3 is 50.7 Å². The van der Waals surface area contributed by atoms with Gasteiger partial charge in [-0.1, -0.05) is 0 Å². The fourth-order valence-electron chi connectivity index (χ4n) is 0.157. The summed E-state index contributed by atoms with van der Waals surface area (Å²) in [5.74, 6) is -1.11. The molecule has 8 heteroatoms. The Balaban J connectivity index is -0.000000245. The molecule has 5 nitrogen and oxygen atoms in total. The van der Waals surface area contributed by atoms with Crippen LogP contribution in [0.4, 0.5) is 0 Å². The van der Waals surface area contributed by atoms with Gasteiger partial charge in [0, 0.05) is 6.92 Å². The van der Waals surface area contributed by atoms with Gasteiger partial charge in [-0.15, -0.1) is 0 Å². The molecule has 0 aromatic carbocycles. The first-order chi connectivity index (χ1) is 3.42. The number of carbonyl (C=O) groups excluding carboxylic acids is 1. The molecule has 0 amide bonds. The van der Waals surface area contributed by atoms with Gasteiger partial charge in [-0.05, 0) is 0 Å². The molecule has 0 heterocycles. The minimum atomic E-state index is -5.07. The summed E-state index contributed by atoms with van der Waals surface area (Å²) in [7, 11) is -5.07. The number of hydrogen-bond donors (Lipinski definition) is 0. The van der Waals surface area contributed by atoms with Crippen LogP contribution in [0.5, 0.6) is 0 Å². The minimum absolute atomic E-state index is 0. The maximum atomic E-state index is 9.66. The first-order valence-electron chi connectivity index (χ1n) is 1.64. The molecule has 0 saturated heterocycles. The van der Waals surface area contributed by atoms with Crippen molar-refractivity contribution in [3.05, 3.63) is 0 Å². The summed E-state index contributed by atoms with van der Waals surface area (Å²) in [6, 6.07) is 0. The number of hydrogen-bond acceptors (Lipinski definition) is 5. The van der Waals surface area contributed by atoms with Gasteiger partial charge in [0.15, 0.2) is 0 Å². The van der Waals surface area contributed by atoms with Crippen LogP contribution in [0, 0.1) is 0 Å². The molecule has 0 aliphatic carbocycles. The Morgan fingerprint density at radius 3 is 1.70 bits per heavy atom. The quantitative estimate of drug-likeness (QED) is 0.417. The van der Waals surface area contributed by atoms with Crippen LogP contribution in [0.25, 0.3) is 0 Å². The molecule has 0 aliphatic rings. The van der Waals surface area contributed by atoms with Crippen molar-refractivity contribution in [3.8, 4) is 0 Å². The molecule has 0 aromatic rings. The molecule has 0 N–H and O–H groups in total. The summed E-state index contributed by atoms with van der Waals surface area (Å²) in [5, 5.41) is 0. The van der Waals surface area contributed by atoms with E-state index in [0.717, 1.165) is 6.92 Å². The van der Waals surface area contributed by atoms with E-state index in [-0.39, 0.29) is 44.8 Å². The minimum Gasteiger partial charge on any atom is -0.780 e. The number of carbonyl (C=O) groups is 1. The molecular weight excluding hydrogens is 351 g/mol. The Morgan fingerprint density at radius 2 is 1.70 bits per heavy atom. The molecular formula is C2H3Ag2O5P. The molecule has 0 bridgehead atoms. The second kappa shape index (κ2) is 6.79. The van der Waals surface area contributed by atoms with Crippen molar-refractivity contribution in [2.75, 3.05) is 0 Å². The second-order valence-electron chi connectivity index (χ2n) is 1.03. The van der Waals surface area contributed by atoms with Crippen LogP contribution in [0.1, 0.15) is 6.92 Å². The van der Waals surface area contributed by atoms with E-state index in [2.05, 4.69) is 4.52 Å². The van der Waals surface area contributed by atoms with Gasteiger partial charge in [-0.3, -0.25) is 4.79 Å². The molecule has 0 unspecified atom stereocenters. The number of phosphoric ester groups is 1. The van der Waals surface area contributed by atoms with Crippen molar-refractivity contribution in [1.82, 2.24) is 0 Å². The van der Waals surface area contributed by atoms with Gasteiger partial charge in [0.2, 0.25) is 0 Å². The van der Waals surface area contributed by atoms with E-state index < -0.39 is 13.8 Å². The van der Waals surface area contributed by atoms with E-state index in [9.17, 15) is 19.1 Å². The van der Waals surface area contributed by atoms with E-state index in [0.29, 0.717) is 0 Å². The van der Waals surface area contributed by atoms with Crippen LogP contribution in [-0.2, 0) is 58.6 Å². The number of rotatable bonds is 1. The first-order valence-corrected chi connectivity index (χ1v) is 3.10. The molecule has 0 spiro atoms. The predicted octanol–water partition coefficient (Wildman–Crippen LogP) is -1.63. The Hall–Kier alpha value is 1.10. The molecule has 0 aromatic heterocycles. The van der Waals surface area contributed by atoms with Crippen molar-refractivity contribution in [1.29, 1.82) is 0 Å². The Labute approximate surface area is 88.8 Å². The molecule has 0 fully saturated rings. The molecule has 0 aliphatic heterocycles.